The average molecular weight is 270 g/mol. The third-order valence-electron chi connectivity index (χ3n) is 3.91. The topological polar surface area (TPSA) is 29.5 Å². The van der Waals surface area contributed by atoms with Gasteiger partial charge in [-0.05, 0) is 25.8 Å². The van der Waals surface area contributed by atoms with Gasteiger partial charge in [0.25, 0.3) is 0 Å². The summed E-state index contributed by atoms with van der Waals surface area (Å²) in [7, 11) is 0. The highest BCUT2D eigenvalue weighted by molar-refractivity contribution is 5.24. The molecule has 1 saturated carbocycles. The summed E-state index contributed by atoms with van der Waals surface area (Å²) in [6.07, 6.45) is 3.20. The van der Waals surface area contributed by atoms with Crippen LogP contribution in [0.15, 0.2) is 18.2 Å². The molecule has 0 aliphatic heterocycles. The summed E-state index contributed by atoms with van der Waals surface area (Å²) in [5.74, 6) is -1.90. The summed E-state index contributed by atoms with van der Waals surface area (Å²) in [5.41, 5.74) is -0.780. The lowest BCUT2D eigenvalue weighted by Crippen LogP contribution is -2.42. The Kier molecular flexibility index (Phi) is 4.53. The zero-order valence-electron chi connectivity index (χ0n) is 11.2. The predicted molar refractivity (Wildman–Crippen MR) is 68.8 cm³/mol. The van der Waals surface area contributed by atoms with Crippen LogP contribution in [0, 0.1) is 11.6 Å². The van der Waals surface area contributed by atoms with Gasteiger partial charge >= 0.3 is 0 Å². The van der Waals surface area contributed by atoms with Crippen molar-refractivity contribution in [1.29, 1.82) is 0 Å². The molecule has 0 saturated heterocycles. The lowest BCUT2D eigenvalue weighted by molar-refractivity contribution is -0.142. The van der Waals surface area contributed by atoms with Crippen molar-refractivity contribution >= 4 is 0 Å². The molecule has 1 aromatic carbocycles. The monoisotopic (exact) mass is 270 g/mol. The second-order valence-corrected chi connectivity index (χ2v) is 5.10. The van der Waals surface area contributed by atoms with Crippen LogP contribution in [0.3, 0.4) is 0 Å². The SMILES string of the molecule is CCOC1(C(O)c2cccc(F)c2F)CCCCC1. The molecule has 0 spiro atoms. The lowest BCUT2D eigenvalue weighted by Gasteiger charge is -2.41. The van der Waals surface area contributed by atoms with Crippen LogP contribution >= 0.6 is 0 Å². The minimum atomic E-state index is -1.12. The second kappa shape index (κ2) is 5.97. The molecular formula is C15H20F2O2. The van der Waals surface area contributed by atoms with Gasteiger partial charge in [-0.15, -0.1) is 0 Å². The first-order valence-electron chi connectivity index (χ1n) is 6.86. The fourth-order valence-electron chi connectivity index (χ4n) is 2.95. The number of hydrogen-bond donors (Lipinski definition) is 1. The highest BCUT2D eigenvalue weighted by Crippen LogP contribution is 2.42. The molecule has 0 amide bonds. The van der Waals surface area contributed by atoms with Crippen LogP contribution in [-0.4, -0.2) is 17.3 Å². The van der Waals surface area contributed by atoms with E-state index in [0.29, 0.717) is 19.4 Å². The number of aliphatic hydroxyl groups is 1. The first-order valence-corrected chi connectivity index (χ1v) is 6.86. The first kappa shape index (κ1) is 14.4. The summed E-state index contributed by atoms with van der Waals surface area (Å²) < 4.78 is 32.9. The Labute approximate surface area is 112 Å². The number of halogens is 2. The number of hydrogen-bond acceptors (Lipinski definition) is 2. The molecule has 1 aliphatic carbocycles. The molecule has 0 bridgehead atoms. The Morgan fingerprint density at radius 3 is 2.58 bits per heavy atom. The Hall–Kier alpha value is -1.00. The minimum Gasteiger partial charge on any atom is -0.385 e. The molecule has 1 unspecified atom stereocenters. The van der Waals surface area contributed by atoms with Crippen molar-refractivity contribution in [2.24, 2.45) is 0 Å². The largest absolute Gasteiger partial charge is 0.385 e. The van der Waals surface area contributed by atoms with Crippen LogP contribution in [0.25, 0.3) is 0 Å². The normalized spacial score (nSPS) is 20.2. The van der Waals surface area contributed by atoms with E-state index in [2.05, 4.69) is 0 Å². The summed E-state index contributed by atoms with van der Waals surface area (Å²) in [5, 5.41) is 10.5. The summed E-state index contributed by atoms with van der Waals surface area (Å²) >= 11 is 0. The Bertz CT molecular complexity index is 423. The molecule has 1 atom stereocenters. The Morgan fingerprint density at radius 1 is 1.26 bits per heavy atom. The first-order chi connectivity index (χ1) is 9.10. The maximum atomic E-state index is 13.8. The van der Waals surface area contributed by atoms with Crippen LogP contribution in [0.4, 0.5) is 8.78 Å². The van der Waals surface area contributed by atoms with Gasteiger partial charge in [0.1, 0.15) is 6.10 Å². The van der Waals surface area contributed by atoms with E-state index in [4.69, 9.17) is 4.74 Å². The molecule has 1 N–H and O–H groups in total. The van der Waals surface area contributed by atoms with Gasteiger partial charge in [-0.3, -0.25) is 0 Å². The molecule has 19 heavy (non-hydrogen) atoms. The molecule has 2 rings (SSSR count). The highest BCUT2D eigenvalue weighted by Gasteiger charge is 2.41. The molecule has 1 fully saturated rings. The molecule has 106 valence electrons. The van der Waals surface area contributed by atoms with Gasteiger partial charge in [-0.2, -0.15) is 0 Å². The van der Waals surface area contributed by atoms with E-state index in [1.807, 2.05) is 6.92 Å². The van der Waals surface area contributed by atoms with Crippen molar-refractivity contribution in [2.75, 3.05) is 6.61 Å². The van der Waals surface area contributed by atoms with Crippen LogP contribution in [0.5, 0.6) is 0 Å². The summed E-state index contributed by atoms with van der Waals surface area (Å²) in [6, 6.07) is 3.90. The Morgan fingerprint density at radius 2 is 1.95 bits per heavy atom. The molecule has 1 aromatic rings. The van der Waals surface area contributed by atoms with Crippen molar-refractivity contribution in [1.82, 2.24) is 0 Å². The van der Waals surface area contributed by atoms with Gasteiger partial charge in [0.05, 0.1) is 5.60 Å². The fourth-order valence-corrected chi connectivity index (χ4v) is 2.95. The van der Waals surface area contributed by atoms with Crippen LogP contribution in [0.1, 0.15) is 50.7 Å². The highest BCUT2D eigenvalue weighted by atomic mass is 19.2. The van der Waals surface area contributed by atoms with Gasteiger partial charge in [-0.1, -0.05) is 31.4 Å². The quantitative estimate of drug-likeness (QED) is 0.903. The molecule has 0 aromatic heterocycles. The maximum absolute atomic E-state index is 13.8. The zero-order valence-corrected chi connectivity index (χ0v) is 11.2. The van der Waals surface area contributed by atoms with Gasteiger partial charge in [0.2, 0.25) is 0 Å². The zero-order chi connectivity index (χ0) is 13.9. The van der Waals surface area contributed by atoms with E-state index >= 15 is 0 Å². The van der Waals surface area contributed by atoms with Crippen molar-refractivity contribution < 1.29 is 18.6 Å². The van der Waals surface area contributed by atoms with Crippen molar-refractivity contribution in [3.05, 3.63) is 35.4 Å². The van der Waals surface area contributed by atoms with Gasteiger partial charge < -0.3 is 9.84 Å². The molecule has 1 aliphatic rings. The summed E-state index contributed by atoms with van der Waals surface area (Å²) in [4.78, 5) is 0. The van der Waals surface area contributed by atoms with E-state index in [1.165, 1.54) is 12.1 Å². The van der Waals surface area contributed by atoms with E-state index < -0.39 is 23.3 Å². The fraction of sp³-hybridized carbons (Fsp3) is 0.600. The van der Waals surface area contributed by atoms with Gasteiger partial charge in [0, 0.05) is 12.2 Å². The van der Waals surface area contributed by atoms with Crippen LogP contribution < -0.4 is 0 Å². The van der Waals surface area contributed by atoms with Crippen molar-refractivity contribution in [3.63, 3.8) is 0 Å². The van der Waals surface area contributed by atoms with Crippen molar-refractivity contribution in [2.45, 2.75) is 50.7 Å². The minimum absolute atomic E-state index is 0.00431. The smallest absolute Gasteiger partial charge is 0.164 e. The number of ether oxygens (including phenoxy) is 1. The summed E-state index contributed by atoms with van der Waals surface area (Å²) in [6.45, 7) is 2.30. The third kappa shape index (κ3) is 2.79. The maximum Gasteiger partial charge on any atom is 0.164 e. The average Bonchev–Trinajstić information content (AvgIpc) is 2.42. The number of aliphatic hydroxyl groups excluding tert-OH is 1. The van der Waals surface area contributed by atoms with Crippen LogP contribution in [-0.2, 0) is 4.74 Å². The third-order valence-corrected chi connectivity index (χ3v) is 3.91. The van der Waals surface area contributed by atoms with E-state index in [0.717, 1.165) is 25.3 Å². The Balaban J connectivity index is 2.33. The van der Waals surface area contributed by atoms with E-state index in [9.17, 15) is 13.9 Å². The van der Waals surface area contributed by atoms with E-state index in [1.54, 1.807) is 0 Å². The molecular weight excluding hydrogens is 250 g/mol. The van der Waals surface area contributed by atoms with Gasteiger partial charge in [-0.25, -0.2) is 8.78 Å². The standard InChI is InChI=1S/C15H20F2O2/c1-2-19-15(9-4-3-5-10-15)14(18)11-7-6-8-12(16)13(11)17/h6-8,14,18H,2-5,9-10H2,1H3. The van der Waals surface area contributed by atoms with Gasteiger partial charge in [0.15, 0.2) is 11.6 Å². The lowest BCUT2D eigenvalue weighted by atomic mass is 9.78. The second-order valence-electron chi connectivity index (χ2n) is 5.10. The van der Waals surface area contributed by atoms with Crippen LogP contribution in [0.2, 0.25) is 0 Å². The van der Waals surface area contributed by atoms with E-state index in [-0.39, 0.29) is 5.56 Å². The molecule has 4 heteroatoms. The predicted octanol–water partition coefficient (Wildman–Crippen LogP) is 3.74. The van der Waals surface area contributed by atoms with Crippen molar-refractivity contribution in [3.8, 4) is 0 Å². The number of rotatable bonds is 4. The molecule has 0 heterocycles. The number of benzene rings is 1. The molecule has 2 nitrogen and oxygen atoms in total. The molecule has 0 radical (unpaired) electrons.